The molecule has 0 saturated carbocycles. The summed E-state index contributed by atoms with van der Waals surface area (Å²) >= 11 is 10.6. The highest BCUT2D eigenvalue weighted by molar-refractivity contribution is 6.33. The Labute approximate surface area is 74.9 Å². The van der Waals surface area contributed by atoms with E-state index in [-0.39, 0.29) is 0 Å². The smallest absolute Gasteiger partial charge is 0.219 e. The number of hydrogen-bond acceptors (Lipinski definition) is 0. The van der Waals surface area contributed by atoms with Crippen LogP contribution in [0.15, 0.2) is 30.3 Å². The molecule has 1 rings (SSSR count). The van der Waals surface area contributed by atoms with Crippen molar-refractivity contribution in [3.63, 3.8) is 0 Å². The SMILES string of the molecule is FC(Cl)([CH]Cl)c1ccccc1. The van der Waals surface area contributed by atoms with Crippen molar-refractivity contribution in [1.82, 2.24) is 0 Å². The zero-order valence-electron chi connectivity index (χ0n) is 5.60. The van der Waals surface area contributed by atoms with Crippen LogP contribution < -0.4 is 0 Å². The lowest BCUT2D eigenvalue weighted by Crippen LogP contribution is -2.08. The van der Waals surface area contributed by atoms with E-state index in [0.717, 1.165) is 5.88 Å². The van der Waals surface area contributed by atoms with Crippen molar-refractivity contribution in [2.75, 3.05) is 0 Å². The Bertz CT molecular complexity index is 221. The summed E-state index contributed by atoms with van der Waals surface area (Å²) in [5.74, 6) is 0.796. The van der Waals surface area contributed by atoms with Gasteiger partial charge in [0.1, 0.15) is 5.88 Å². The zero-order chi connectivity index (χ0) is 8.32. The summed E-state index contributed by atoms with van der Waals surface area (Å²) in [7, 11) is 0. The van der Waals surface area contributed by atoms with Gasteiger partial charge in [-0.25, -0.2) is 4.39 Å². The van der Waals surface area contributed by atoms with E-state index < -0.39 is 5.13 Å². The van der Waals surface area contributed by atoms with Gasteiger partial charge in [0.05, 0.1) is 0 Å². The summed E-state index contributed by atoms with van der Waals surface area (Å²) in [6, 6.07) is 8.33. The molecule has 0 amide bonds. The average Bonchev–Trinajstić information content (AvgIpc) is 2.06. The highest BCUT2D eigenvalue weighted by atomic mass is 35.5. The third kappa shape index (κ3) is 2.08. The van der Waals surface area contributed by atoms with Crippen molar-refractivity contribution in [1.29, 1.82) is 0 Å². The molecule has 1 aromatic rings. The van der Waals surface area contributed by atoms with Crippen LogP contribution in [0.5, 0.6) is 0 Å². The molecule has 0 aliphatic heterocycles. The average molecular weight is 192 g/mol. The standard InChI is InChI=1S/C8H6Cl2F/c9-6-8(10,11)7-4-2-1-3-5-7/h1-6H. The van der Waals surface area contributed by atoms with Gasteiger partial charge in [0.2, 0.25) is 5.13 Å². The minimum absolute atomic E-state index is 0.344. The van der Waals surface area contributed by atoms with Gasteiger partial charge >= 0.3 is 0 Å². The van der Waals surface area contributed by atoms with E-state index in [1.54, 1.807) is 30.3 Å². The van der Waals surface area contributed by atoms with Gasteiger partial charge in [0.25, 0.3) is 0 Å². The second-order valence-corrected chi connectivity index (χ2v) is 2.87. The van der Waals surface area contributed by atoms with Crippen molar-refractivity contribution >= 4 is 23.2 Å². The van der Waals surface area contributed by atoms with Crippen LogP contribution in [-0.4, -0.2) is 0 Å². The van der Waals surface area contributed by atoms with E-state index in [1.807, 2.05) is 0 Å². The van der Waals surface area contributed by atoms with Gasteiger partial charge in [0.15, 0.2) is 0 Å². The van der Waals surface area contributed by atoms with E-state index in [0.29, 0.717) is 5.56 Å². The van der Waals surface area contributed by atoms with E-state index in [2.05, 4.69) is 0 Å². The monoisotopic (exact) mass is 191 g/mol. The van der Waals surface area contributed by atoms with Gasteiger partial charge < -0.3 is 0 Å². The van der Waals surface area contributed by atoms with Crippen molar-refractivity contribution in [3.8, 4) is 0 Å². The van der Waals surface area contributed by atoms with E-state index in [4.69, 9.17) is 23.2 Å². The molecule has 1 unspecified atom stereocenters. The first-order valence-electron chi connectivity index (χ1n) is 3.05. The van der Waals surface area contributed by atoms with Crippen LogP contribution in [0.25, 0.3) is 0 Å². The second kappa shape index (κ2) is 3.42. The molecular weight excluding hydrogens is 186 g/mol. The highest BCUT2D eigenvalue weighted by Gasteiger charge is 2.27. The molecule has 11 heavy (non-hydrogen) atoms. The van der Waals surface area contributed by atoms with Crippen molar-refractivity contribution < 1.29 is 4.39 Å². The lowest BCUT2D eigenvalue weighted by Gasteiger charge is -2.13. The number of rotatable bonds is 2. The molecule has 0 fully saturated rings. The van der Waals surface area contributed by atoms with Gasteiger partial charge in [-0.2, -0.15) is 0 Å². The molecule has 0 bridgehead atoms. The molecule has 1 aromatic carbocycles. The molecule has 0 N–H and O–H groups in total. The first kappa shape index (κ1) is 8.82. The number of alkyl halides is 2. The van der Waals surface area contributed by atoms with Crippen LogP contribution in [0, 0.1) is 5.88 Å². The molecule has 0 aromatic heterocycles. The normalized spacial score (nSPS) is 15.9. The third-order valence-electron chi connectivity index (χ3n) is 1.30. The Morgan fingerprint density at radius 1 is 1.27 bits per heavy atom. The molecule has 0 aliphatic rings. The number of benzene rings is 1. The lowest BCUT2D eigenvalue weighted by atomic mass is 10.1. The number of hydrogen-bond donors (Lipinski definition) is 0. The largest absolute Gasteiger partial charge is 0.226 e. The fourth-order valence-corrected chi connectivity index (χ4v) is 0.975. The van der Waals surface area contributed by atoms with Gasteiger partial charge in [-0.1, -0.05) is 41.9 Å². The minimum Gasteiger partial charge on any atom is -0.219 e. The van der Waals surface area contributed by atoms with E-state index >= 15 is 0 Å². The van der Waals surface area contributed by atoms with Crippen molar-refractivity contribution in [2.24, 2.45) is 0 Å². The Kier molecular flexibility index (Phi) is 2.74. The first-order valence-corrected chi connectivity index (χ1v) is 3.86. The molecule has 1 atom stereocenters. The van der Waals surface area contributed by atoms with Crippen LogP contribution in [0.2, 0.25) is 0 Å². The molecule has 0 spiro atoms. The quantitative estimate of drug-likeness (QED) is 0.629. The highest BCUT2D eigenvalue weighted by Crippen LogP contribution is 2.34. The maximum absolute atomic E-state index is 13.1. The van der Waals surface area contributed by atoms with Gasteiger partial charge in [0, 0.05) is 5.56 Å². The van der Waals surface area contributed by atoms with Crippen LogP contribution >= 0.6 is 23.2 Å². The van der Waals surface area contributed by atoms with Crippen molar-refractivity contribution in [3.05, 3.63) is 41.8 Å². The molecule has 0 saturated heterocycles. The molecule has 1 radical (unpaired) electrons. The summed E-state index contributed by atoms with van der Waals surface area (Å²) in [4.78, 5) is 0. The molecule has 0 nitrogen and oxygen atoms in total. The Morgan fingerprint density at radius 3 is 2.27 bits per heavy atom. The van der Waals surface area contributed by atoms with Crippen LogP contribution in [0.1, 0.15) is 5.56 Å². The first-order chi connectivity index (χ1) is 5.17. The fourth-order valence-electron chi connectivity index (χ4n) is 0.723. The van der Waals surface area contributed by atoms with Crippen LogP contribution in [-0.2, 0) is 5.13 Å². The summed E-state index contributed by atoms with van der Waals surface area (Å²) in [5, 5.41) is -2.05. The maximum atomic E-state index is 13.1. The zero-order valence-corrected chi connectivity index (χ0v) is 7.11. The van der Waals surface area contributed by atoms with Gasteiger partial charge in [-0.15, -0.1) is 11.6 Å². The topological polar surface area (TPSA) is 0 Å². The fraction of sp³-hybridized carbons (Fsp3) is 0.125. The Morgan fingerprint density at radius 2 is 1.82 bits per heavy atom. The summed E-state index contributed by atoms with van der Waals surface area (Å²) < 4.78 is 13.1. The maximum Gasteiger partial charge on any atom is 0.226 e. The Hall–Kier alpha value is -0.270. The minimum atomic E-state index is -2.05. The molecular formula is C8H6Cl2F. The lowest BCUT2D eigenvalue weighted by molar-refractivity contribution is 0.345. The molecule has 0 heterocycles. The van der Waals surface area contributed by atoms with Crippen LogP contribution in [0.4, 0.5) is 4.39 Å². The number of halogens is 3. The summed E-state index contributed by atoms with van der Waals surface area (Å²) in [6.07, 6.45) is 0. The Balaban J connectivity index is 2.93. The van der Waals surface area contributed by atoms with E-state index in [9.17, 15) is 4.39 Å². The summed E-state index contributed by atoms with van der Waals surface area (Å²) in [6.45, 7) is 0. The van der Waals surface area contributed by atoms with E-state index in [1.165, 1.54) is 0 Å². The van der Waals surface area contributed by atoms with Crippen molar-refractivity contribution in [2.45, 2.75) is 5.13 Å². The predicted octanol–water partition coefficient (Wildman–Crippen LogP) is 3.45. The molecule has 3 heteroatoms. The predicted molar refractivity (Wildman–Crippen MR) is 45.2 cm³/mol. The third-order valence-corrected chi connectivity index (χ3v) is 2.04. The summed E-state index contributed by atoms with van der Waals surface area (Å²) in [5.41, 5.74) is 0.344. The molecule has 0 aliphatic carbocycles. The van der Waals surface area contributed by atoms with Gasteiger partial charge in [-0.3, -0.25) is 0 Å². The second-order valence-electron chi connectivity index (χ2n) is 2.10. The molecule has 59 valence electrons. The van der Waals surface area contributed by atoms with Gasteiger partial charge in [-0.05, 0) is 0 Å². The van der Waals surface area contributed by atoms with Crippen LogP contribution in [0.3, 0.4) is 0 Å².